The van der Waals surface area contributed by atoms with E-state index in [0.717, 1.165) is 6.42 Å². The first-order chi connectivity index (χ1) is 7.65. The Bertz CT molecular complexity index is 336. The number of carbonyl (C=O) groups is 1. The molecule has 1 atom stereocenters. The molecule has 0 radical (unpaired) electrons. The second-order valence-electron chi connectivity index (χ2n) is 3.42. The highest BCUT2D eigenvalue weighted by atomic mass is 35.5. The summed E-state index contributed by atoms with van der Waals surface area (Å²) in [5.74, 6) is 0.670. The fourth-order valence-corrected chi connectivity index (χ4v) is 1.31. The molecule has 1 N–H and O–H groups in total. The number of alkyl halides is 1. The van der Waals surface area contributed by atoms with Gasteiger partial charge in [-0.25, -0.2) is 0 Å². The van der Waals surface area contributed by atoms with Crippen molar-refractivity contribution in [3.05, 3.63) is 23.7 Å². The number of amides is 1. The molecule has 1 unspecified atom stereocenters. The zero-order valence-corrected chi connectivity index (χ0v) is 10.2. The Labute approximate surface area is 99.9 Å². The summed E-state index contributed by atoms with van der Waals surface area (Å²) in [5.41, 5.74) is 0. The van der Waals surface area contributed by atoms with Crippen molar-refractivity contribution >= 4 is 17.5 Å². The van der Waals surface area contributed by atoms with Gasteiger partial charge in [0.15, 0.2) is 5.76 Å². The zero-order chi connectivity index (χ0) is 12.0. The van der Waals surface area contributed by atoms with Crippen molar-refractivity contribution in [1.29, 1.82) is 0 Å². The van der Waals surface area contributed by atoms with Gasteiger partial charge in [0.2, 0.25) is 0 Å². The number of furan rings is 1. The number of rotatable bonds is 6. The predicted molar refractivity (Wildman–Crippen MR) is 61.8 cm³/mol. The minimum absolute atomic E-state index is 0.223. The van der Waals surface area contributed by atoms with E-state index in [1.165, 1.54) is 0 Å². The van der Waals surface area contributed by atoms with E-state index >= 15 is 0 Å². The van der Waals surface area contributed by atoms with Crippen LogP contribution in [-0.2, 0) is 4.74 Å². The van der Waals surface area contributed by atoms with Crippen molar-refractivity contribution in [3.8, 4) is 0 Å². The number of hydrogen-bond donors (Lipinski definition) is 1. The third-order valence-electron chi connectivity index (χ3n) is 2.05. The molecule has 0 aliphatic rings. The van der Waals surface area contributed by atoms with Crippen LogP contribution in [0.4, 0.5) is 0 Å². The third-order valence-corrected chi connectivity index (χ3v) is 2.27. The molecule has 16 heavy (non-hydrogen) atoms. The molecule has 1 rings (SSSR count). The van der Waals surface area contributed by atoms with E-state index in [2.05, 4.69) is 5.32 Å². The first-order valence-corrected chi connectivity index (χ1v) is 5.59. The van der Waals surface area contributed by atoms with Gasteiger partial charge in [-0.3, -0.25) is 4.79 Å². The van der Waals surface area contributed by atoms with Crippen molar-refractivity contribution in [3.63, 3.8) is 0 Å². The average Bonchev–Trinajstić information content (AvgIpc) is 2.73. The number of halogens is 1. The first-order valence-electron chi connectivity index (χ1n) is 5.16. The lowest BCUT2D eigenvalue weighted by atomic mass is 10.3. The molecule has 0 bridgehead atoms. The van der Waals surface area contributed by atoms with Crippen LogP contribution < -0.4 is 5.32 Å². The minimum atomic E-state index is -0.227. The van der Waals surface area contributed by atoms with E-state index in [0.29, 0.717) is 24.7 Å². The van der Waals surface area contributed by atoms with Gasteiger partial charge in [-0.2, -0.15) is 0 Å². The molecular formula is C11H16ClNO3. The van der Waals surface area contributed by atoms with Crippen LogP contribution in [0.5, 0.6) is 0 Å². The lowest BCUT2D eigenvalue weighted by Crippen LogP contribution is -2.24. The molecule has 4 nitrogen and oxygen atoms in total. The Hall–Kier alpha value is -1.00. The van der Waals surface area contributed by atoms with Crippen LogP contribution in [0.2, 0.25) is 0 Å². The fourth-order valence-electron chi connectivity index (χ4n) is 1.19. The Morgan fingerprint density at radius 1 is 1.62 bits per heavy atom. The minimum Gasteiger partial charge on any atom is -0.454 e. The van der Waals surface area contributed by atoms with Crippen LogP contribution in [0.25, 0.3) is 0 Å². The molecule has 0 aliphatic heterocycles. The summed E-state index contributed by atoms with van der Waals surface area (Å²) in [6.45, 7) is 2.99. The lowest BCUT2D eigenvalue weighted by Gasteiger charge is -2.02. The van der Waals surface area contributed by atoms with E-state index in [1.807, 2.05) is 0 Å². The Morgan fingerprint density at radius 3 is 2.94 bits per heavy atom. The van der Waals surface area contributed by atoms with E-state index in [1.54, 1.807) is 26.2 Å². The lowest BCUT2D eigenvalue weighted by molar-refractivity contribution is 0.0919. The van der Waals surface area contributed by atoms with Gasteiger partial charge >= 0.3 is 0 Å². The van der Waals surface area contributed by atoms with Gasteiger partial charge < -0.3 is 14.5 Å². The van der Waals surface area contributed by atoms with Crippen LogP contribution in [-0.4, -0.2) is 26.2 Å². The highest BCUT2D eigenvalue weighted by molar-refractivity contribution is 6.20. The molecule has 0 aliphatic carbocycles. The molecule has 0 saturated heterocycles. The number of ether oxygens (including phenoxy) is 1. The molecule has 1 heterocycles. The van der Waals surface area contributed by atoms with Gasteiger partial charge in [0.25, 0.3) is 5.91 Å². The summed E-state index contributed by atoms with van der Waals surface area (Å²) in [4.78, 5) is 11.6. The molecule has 0 aromatic carbocycles. The normalized spacial score (nSPS) is 12.4. The Balaban J connectivity index is 2.40. The van der Waals surface area contributed by atoms with Crippen molar-refractivity contribution in [2.45, 2.75) is 18.7 Å². The summed E-state index contributed by atoms with van der Waals surface area (Å²) >= 11 is 5.82. The maximum atomic E-state index is 11.6. The van der Waals surface area contributed by atoms with Crippen molar-refractivity contribution in [1.82, 2.24) is 5.32 Å². The summed E-state index contributed by atoms with van der Waals surface area (Å²) < 4.78 is 10.2. The van der Waals surface area contributed by atoms with E-state index in [-0.39, 0.29) is 11.3 Å². The zero-order valence-electron chi connectivity index (χ0n) is 9.46. The third kappa shape index (κ3) is 3.87. The smallest absolute Gasteiger partial charge is 0.286 e. The molecule has 5 heteroatoms. The quantitative estimate of drug-likeness (QED) is 0.618. The number of hydrogen-bond acceptors (Lipinski definition) is 3. The van der Waals surface area contributed by atoms with Gasteiger partial charge in [0.1, 0.15) is 5.76 Å². The van der Waals surface area contributed by atoms with Gasteiger partial charge in [0.05, 0.1) is 5.38 Å². The summed E-state index contributed by atoms with van der Waals surface area (Å²) in [6, 6.07) is 3.33. The van der Waals surface area contributed by atoms with E-state index < -0.39 is 0 Å². The molecule has 1 aromatic rings. The van der Waals surface area contributed by atoms with Crippen LogP contribution in [0, 0.1) is 0 Å². The van der Waals surface area contributed by atoms with Crippen LogP contribution in [0.1, 0.15) is 35.0 Å². The Morgan fingerprint density at radius 2 is 2.38 bits per heavy atom. The highest BCUT2D eigenvalue weighted by Gasteiger charge is 2.12. The molecule has 0 saturated carbocycles. The average molecular weight is 246 g/mol. The van der Waals surface area contributed by atoms with Crippen molar-refractivity contribution in [2.75, 3.05) is 20.3 Å². The summed E-state index contributed by atoms with van der Waals surface area (Å²) in [5, 5.41) is 2.50. The number of methoxy groups -OCH3 is 1. The molecule has 90 valence electrons. The SMILES string of the molecule is COCCCNC(=O)c1ccc(C(C)Cl)o1. The standard InChI is InChI=1S/C11H16ClNO3/c1-8(12)9-4-5-10(16-9)11(14)13-6-3-7-15-2/h4-5,8H,3,6-7H2,1-2H3,(H,13,14). The van der Waals surface area contributed by atoms with Gasteiger partial charge in [-0.1, -0.05) is 0 Å². The van der Waals surface area contributed by atoms with Crippen molar-refractivity contribution < 1.29 is 13.9 Å². The number of carbonyl (C=O) groups excluding carboxylic acids is 1. The number of nitrogens with one attached hydrogen (secondary N) is 1. The van der Waals surface area contributed by atoms with Gasteiger partial charge in [-0.05, 0) is 25.5 Å². The predicted octanol–water partition coefficient (Wildman–Crippen LogP) is 2.35. The van der Waals surface area contributed by atoms with Gasteiger partial charge in [0, 0.05) is 20.3 Å². The fraction of sp³-hybridized carbons (Fsp3) is 0.545. The second-order valence-corrected chi connectivity index (χ2v) is 4.07. The monoisotopic (exact) mass is 245 g/mol. The van der Waals surface area contributed by atoms with Crippen LogP contribution in [0.15, 0.2) is 16.5 Å². The first kappa shape index (κ1) is 13.1. The maximum absolute atomic E-state index is 11.6. The van der Waals surface area contributed by atoms with Crippen molar-refractivity contribution in [2.24, 2.45) is 0 Å². The molecule has 1 amide bonds. The van der Waals surface area contributed by atoms with E-state index in [9.17, 15) is 4.79 Å². The van der Waals surface area contributed by atoms with Crippen LogP contribution >= 0.6 is 11.6 Å². The summed E-state index contributed by atoms with van der Waals surface area (Å²) in [7, 11) is 1.63. The summed E-state index contributed by atoms with van der Waals surface area (Å²) in [6.07, 6.45) is 0.779. The molecule has 0 spiro atoms. The van der Waals surface area contributed by atoms with Crippen LogP contribution in [0.3, 0.4) is 0 Å². The molecule has 1 aromatic heterocycles. The highest BCUT2D eigenvalue weighted by Crippen LogP contribution is 2.21. The maximum Gasteiger partial charge on any atom is 0.286 e. The van der Waals surface area contributed by atoms with Gasteiger partial charge in [-0.15, -0.1) is 11.6 Å². The molecule has 0 fully saturated rings. The largest absolute Gasteiger partial charge is 0.454 e. The topological polar surface area (TPSA) is 51.5 Å². The molecular weight excluding hydrogens is 230 g/mol. The van der Waals surface area contributed by atoms with E-state index in [4.69, 9.17) is 20.8 Å². The Kier molecular flexibility index (Phi) is 5.35. The second kappa shape index (κ2) is 6.55.